The average molecular weight is 724 g/mol. The summed E-state index contributed by atoms with van der Waals surface area (Å²) in [6, 6.07) is 3.68. The molecular formula is C37H49N5O8S. The van der Waals surface area contributed by atoms with Crippen molar-refractivity contribution in [2.24, 2.45) is 11.7 Å². The minimum absolute atomic E-state index is 0.0796. The number of methoxy groups -OCH3 is 1. The Labute approximate surface area is 299 Å². The fourth-order valence-electron chi connectivity index (χ4n) is 7.42. The number of fused-ring (bicyclic) bond motifs is 3. The topological polar surface area (TPSA) is 179 Å². The van der Waals surface area contributed by atoms with Crippen LogP contribution in [0.2, 0.25) is 0 Å². The number of amides is 3. The lowest BCUT2D eigenvalue weighted by Crippen LogP contribution is -2.58. The Hall–Kier alpha value is -3.91. The summed E-state index contributed by atoms with van der Waals surface area (Å²) in [4.78, 5) is 48.2. The molecule has 1 saturated heterocycles. The molecule has 1 unspecified atom stereocenters. The number of nitrogens with one attached hydrogen (secondary N) is 2. The van der Waals surface area contributed by atoms with Crippen LogP contribution in [0.1, 0.15) is 89.5 Å². The number of hydrogen-bond donors (Lipinski definition) is 3. The number of pyridine rings is 1. The molecule has 51 heavy (non-hydrogen) atoms. The van der Waals surface area contributed by atoms with Crippen molar-refractivity contribution in [3.63, 3.8) is 0 Å². The van der Waals surface area contributed by atoms with E-state index in [1.807, 2.05) is 31.2 Å². The van der Waals surface area contributed by atoms with E-state index in [1.54, 1.807) is 20.1 Å². The molecule has 3 saturated carbocycles. The summed E-state index contributed by atoms with van der Waals surface area (Å²) in [6.45, 7) is 3.62. The minimum atomic E-state index is -3.94. The summed E-state index contributed by atoms with van der Waals surface area (Å²) in [5, 5.41) is 3.65. The van der Waals surface area contributed by atoms with Gasteiger partial charge >= 0.3 is 0 Å². The lowest BCUT2D eigenvalue weighted by Gasteiger charge is -2.28. The van der Waals surface area contributed by atoms with E-state index in [9.17, 15) is 22.8 Å². The van der Waals surface area contributed by atoms with Crippen molar-refractivity contribution >= 4 is 38.6 Å². The zero-order valence-corrected chi connectivity index (χ0v) is 30.4. The number of hydrogen-bond acceptors (Lipinski definition) is 10. The number of carbonyl (C=O) groups is 3. The molecule has 13 nitrogen and oxygen atoms in total. The number of rotatable bonds is 8. The third-order valence-electron chi connectivity index (χ3n) is 11.5. The zero-order valence-electron chi connectivity index (χ0n) is 29.6. The van der Waals surface area contributed by atoms with E-state index < -0.39 is 50.3 Å². The van der Waals surface area contributed by atoms with Crippen LogP contribution in [-0.4, -0.2) is 84.3 Å². The van der Waals surface area contributed by atoms with Gasteiger partial charge in [-0.05, 0) is 83.8 Å². The highest BCUT2D eigenvalue weighted by atomic mass is 32.2. The molecule has 3 heterocycles. The van der Waals surface area contributed by atoms with Gasteiger partial charge in [-0.3, -0.25) is 19.1 Å². The Bertz CT molecular complexity index is 1860. The quantitative estimate of drug-likeness (QED) is 0.341. The standard InChI is InChI=1S/C37H49N5O8S/c1-22-29(48-3)15-14-26-30(19-31(39-32(22)26)50-24-11-9-12-24)49-25-18-28-33(43)40-37(35(45)41-51(46,47)36(2)16-17-36)20-23(37)10-7-5-4-6-8-13-27(38)34(44)42(28)21-25/h7,10,14-15,19,23-25,27-28H,4-6,8-9,11-13,16-18,20-21,38H2,1-3H3,(H,40,43)(H,41,45)/b10-7-/t23?,25-,27+,28+,37-/m1/s1. The second-order valence-corrected chi connectivity index (χ2v) is 17.4. The maximum Gasteiger partial charge on any atom is 0.259 e. The number of ether oxygens (including phenoxy) is 3. The number of sulfonamides is 1. The summed E-state index contributed by atoms with van der Waals surface area (Å²) in [5.74, 6) is -0.437. The maximum atomic E-state index is 14.2. The molecule has 2 aliphatic heterocycles. The Morgan fingerprint density at radius 1 is 1.06 bits per heavy atom. The lowest BCUT2D eigenvalue weighted by atomic mass is 9.96. The first-order valence-electron chi connectivity index (χ1n) is 18.3. The summed E-state index contributed by atoms with van der Waals surface area (Å²) in [7, 11) is -2.34. The SMILES string of the molecule is COc1ccc2c(O[C@@H]3C[C@H]4C(=O)N[C@]5(C(=O)NS(=O)(=O)C6(C)CC6)CC5/C=C\CCCCC[C@H](N)C(=O)N4C3)cc(OC3CCC3)nc2c1C. The van der Waals surface area contributed by atoms with Gasteiger partial charge in [0, 0.05) is 29.4 Å². The average Bonchev–Trinajstić information content (AvgIpc) is 3.96. The first kappa shape index (κ1) is 35.5. The predicted octanol–water partition coefficient (Wildman–Crippen LogP) is 3.55. The molecular weight excluding hydrogens is 675 g/mol. The molecule has 4 N–H and O–H groups in total. The minimum Gasteiger partial charge on any atom is -0.496 e. The molecule has 3 aliphatic carbocycles. The van der Waals surface area contributed by atoms with Gasteiger partial charge in [0.15, 0.2) is 0 Å². The van der Waals surface area contributed by atoms with Crippen LogP contribution in [-0.2, 0) is 24.4 Å². The highest BCUT2D eigenvalue weighted by Crippen LogP contribution is 2.47. The zero-order chi connectivity index (χ0) is 36.1. The van der Waals surface area contributed by atoms with E-state index in [4.69, 9.17) is 24.9 Å². The van der Waals surface area contributed by atoms with Crippen LogP contribution in [0.4, 0.5) is 0 Å². The fraction of sp³-hybridized carbons (Fsp3) is 0.622. The van der Waals surface area contributed by atoms with E-state index in [0.717, 1.165) is 55.9 Å². The van der Waals surface area contributed by atoms with Crippen molar-refractivity contribution in [1.82, 2.24) is 19.9 Å². The van der Waals surface area contributed by atoms with Gasteiger partial charge < -0.3 is 30.2 Å². The molecule has 0 radical (unpaired) electrons. The van der Waals surface area contributed by atoms with Crippen LogP contribution in [0.15, 0.2) is 30.4 Å². The Kier molecular flexibility index (Phi) is 9.45. The molecule has 7 rings (SSSR count). The summed E-state index contributed by atoms with van der Waals surface area (Å²) in [6.07, 6.45) is 11.4. The Morgan fingerprint density at radius 3 is 2.55 bits per heavy atom. The second kappa shape index (κ2) is 13.6. The van der Waals surface area contributed by atoms with Crippen LogP contribution in [0, 0.1) is 12.8 Å². The molecule has 4 fully saturated rings. The number of carbonyl (C=O) groups excluding carboxylic acids is 3. The van der Waals surface area contributed by atoms with Crippen LogP contribution < -0.4 is 30.0 Å². The number of allylic oxidation sites excluding steroid dienone is 1. The lowest BCUT2D eigenvalue weighted by molar-refractivity contribution is -0.140. The van der Waals surface area contributed by atoms with Crippen molar-refractivity contribution in [2.45, 2.75) is 125 Å². The molecule has 5 aliphatic rings. The summed E-state index contributed by atoms with van der Waals surface area (Å²) >= 11 is 0. The van der Waals surface area contributed by atoms with Crippen molar-refractivity contribution in [1.29, 1.82) is 0 Å². The summed E-state index contributed by atoms with van der Waals surface area (Å²) < 4.78 is 45.8. The third-order valence-corrected chi connectivity index (χ3v) is 13.7. The molecule has 276 valence electrons. The first-order chi connectivity index (χ1) is 24.3. The van der Waals surface area contributed by atoms with Gasteiger partial charge in [-0.1, -0.05) is 25.0 Å². The number of nitrogens with two attached hydrogens (primary N) is 1. The molecule has 0 spiro atoms. The van der Waals surface area contributed by atoms with Gasteiger partial charge in [-0.2, -0.15) is 0 Å². The van der Waals surface area contributed by atoms with Crippen LogP contribution in [0.3, 0.4) is 0 Å². The van der Waals surface area contributed by atoms with Crippen LogP contribution in [0.5, 0.6) is 17.4 Å². The van der Waals surface area contributed by atoms with Gasteiger partial charge in [-0.15, -0.1) is 0 Å². The van der Waals surface area contributed by atoms with E-state index in [1.165, 1.54) is 4.90 Å². The molecule has 2 aromatic rings. The van der Waals surface area contributed by atoms with Crippen molar-refractivity contribution in [3.05, 3.63) is 35.9 Å². The van der Waals surface area contributed by atoms with Gasteiger partial charge in [0.1, 0.15) is 35.3 Å². The maximum absolute atomic E-state index is 14.2. The number of aromatic nitrogens is 1. The Morgan fingerprint density at radius 2 is 1.84 bits per heavy atom. The van der Waals surface area contributed by atoms with Gasteiger partial charge in [0.2, 0.25) is 27.7 Å². The van der Waals surface area contributed by atoms with Crippen LogP contribution in [0.25, 0.3) is 10.9 Å². The molecule has 3 amide bonds. The van der Waals surface area contributed by atoms with Crippen molar-refractivity contribution in [3.8, 4) is 17.4 Å². The molecule has 1 aromatic heterocycles. The van der Waals surface area contributed by atoms with Crippen molar-refractivity contribution in [2.75, 3.05) is 13.7 Å². The van der Waals surface area contributed by atoms with E-state index in [0.29, 0.717) is 42.2 Å². The first-order valence-corrected chi connectivity index (χ1v) is 19.8. The van der Waals surface area contributed by atoms with Crippen LogP contribution >= 0.6 is 0 Å². The fourth-order valence-corrected chi connectivity index (χ4v) is 8.73. The highest BCUT2D eigenvalue weighted by molar-refractivity contribution is 7.91. The van der Waals surface area contributed by atoms with E-state index in [-0.39, 0.29) is 37.3 Å². The molecule has 1 aromatic carbocycles. The van der Waals surface area contributed by atoms with E-state index in [2.05, 4.69) is 10.0 Å². The smallest absolute Gasteiger partial charge is 0.259 e. The molecule has 0 bridgehead atoms. The Balaban J connectivity index is 1.18. The largest absolute Gasteiger partial charge is 0.496 e. The third kappa shape index (κ3) is 6.88. The predicted molar refractivity (Wildman–Crippen MR) is 190 cm³/mol. The highest BCUT2D eigenvalue weighted by Gasteiger charge is 2.63. The molecule has 14 heteroatoms. The monoisotopic (exact) mass is 723 g/mol. The second-order valence-electron chi connectivity index (χ2n) is 15.2. The number of nitrogens with zero attached hydrogens (tertiary/aromatic N) is 2. The van der Waals surface area contributed by atoms with Crippen molar-refractivity contribution < 1.29 is 37.0 Å². The normalized spacial score (nSPS) is 30.1. The van der Waals surface area contributed by atoms with E-state index >= 15 is 0 Å². The van der Waals surface area contributed by atoms with Gasteiger partial charge in [0.25, 0.3) is 5.91 Å². The molecule has 5 atom stereocenters. The van der Waals surface area contributed by atoms with Gasteiger partial charge in [0.05, 0.1) is 30.0 Å². The number of benzene rings is 1. The van der Waals surface area contributed by atoms with Gasteiger partial charge in [-0.25, -0.2) is 13.4 Å². The summed E-state index contributed by atoms with van der Waals surface area (Å²) in [5.41, 5.74) is 6.49. The number of aryl methyl sites for hydroxylation is 1.